The van der Waals surface area contributed by atoms with Gasteiger partial charge in [0.1, 0.15) is 4.99 Å². The van der Waals surface area contributed by atoms with E-state index in [1.165, 1.54) is 18.2 Å². The number of nitrogens with zero attached hydrogens (tertiary/aromatic N) is 1. The summed E-state index contributed by atoms with van der Waals surface area (Å²) in [5.41, 5.74) is 5.94. The number of thiocarbonyl (C=S) groups is 1. The molecule has 1 aromatic carbocycles. The second-order valence-electron chi connectivity index (χ2n) is 4.30. The lowest BCUT2D eigenvalue weighted by molar-refractivity contribution is 0.358. The van der Waals surface area contributed by atoms with E-state index in [9.17, 15) is 8.42 Å². The molecule has 0 aliphatic carbocycles. The van der Waals surface area contributed by atoms with Crippen molar-refractivity contribution in [1.82, 2.24) is 9.62 Å². The van der Waals surface area contributed by atoms with Crippen LogP contribution < -0.4 is 10.5 Å². The van der Waals surface area contributed by atoms with Gasteiger partial charge in [0.2, 0.25) is 10.0 Å². The van der Waals surface area contributed by atoms with E-state index in [0.717, 1.165) is 6.54 Å². The molecule has 0 heterocycles. The maximum Gasteiger partial charge on any atom is 0.240 e. The van der Waals surface area contributed by atoms with E-state index in [2.05, 4.69) is 4.72 Å². The van der Waals surface area contributed by atoms with E-state index >= 15 is 0 Å². The third-order valence-corrected chi connectivity index (χ3v) is 4.83. The van der Waals surface area contributed by atoms with Crippen molar-refractivity contribution in [2.24, 2.45) is 5.73 Å². The number of halogens is 1. The molecule has 1 rings (SSSR count). The normalized spacial score (nSPS) is 11.8. The van der Waals surface area contributed by atoms with Crippen molar-refractivity contribution in [1.29, 1.82) is 0 Å². The predicted molar refractivity (Wildman–Crippen MR) is 85.7 cm³/mol. The largest absolute Gasteiger partial charge is 0.389 e. The van der Waals surface area contributed by atoms with Crippen LogP contribution in [0.2, 0.25) is 5.02 Å². The summed E-state index contributed by atoms with van der Waals surface area (Å²) in [5, 5.41) is 0.228. The number of nitrogens with two attached hydrogens (primary N) is 1. The molecule has 0 unspecified atom stereocenters. The van der Waals surface area contributed by atoms with Crippen molar-refractivity contribution in [3.8, 4) is 0 Å². The van der Waals surface area contributed by atoms with Gasteiger partial charge in [-0.2, -0.15) is 0 Å². The molecule has 0 aliphatic heterocycles. The highest BCUT2D eigenvalue weighted by molar-refractivity contribution is 7.89. The monoisotopic (exact) mass is 335 g/mol. The second kappa shape index (κ2) is 7.33. The molecule has 20 heavy (non-hydrogen) atoms. The molecule has 0 fully saturated rings. The first-order chi connectivity index (χ1) is 9.27. The van der Waals surface area contributed by atoms with Crippen LogP contribution in [0.3, 0.4) is 0 Å². The average molecular weight is 336 g/mol. The Kier molecular flexibility index (Phi) is 6.35. The molecule has 0 saturated carbocycles. The van der Waals surface area contributed by atoms with Crippen LogP contribution in [0.25, 0.3) is 0 Å². The SMILES string of the molecule is CCN(C)CCNS(=O)(=O)c1ccc(C(N)=S)c(Cl)c1. The number of rotatable bonds is 7. The topological polar surface area (TPSA) is 75.4 Å². The molecule has 0 saturated heterocycles. The fourth-order valence-corrected chi connectivity index (χ4v) is 3.10. The fraction of sp³-hybridized carbons (Fsp3) is 0.417. The molecule has 5 nitrogen and oxygen atoms in total. The first-order valence-corrected chi connectivity index (χ1v) is 8.32. The quantitative estimate of drug-likeness (QED) is 0.732. The van der Waals surface area contributed by atoms with Crippen molar-refractivity contribution < 1.29 is 8.42 Å². The van der Waals surface area contributed by atoms with Crippen molar-refractivity contribution >= 4 is 38.8 Å². The van der Waals surface area contributed by atoms with Crippen LogP contribution in [0.15, 0.2) is 23.1 Å². The number of benzene rings is 1. The summed E-state index contributed by atoms with van der Waals surface area (Å²) < 4.78 is 26.7. The zero-order valence-corrected chi connectivity index (χ0v) is 13.8. The van der Waals surface area contributed by atoms with Crippen molar-refractivity contribution in [3.05, 3.63) is 28.8 Å². The third-order valence-electron chi connectivity index (χ3n) is 2.84. The van der Waals surface area contributed by atoms with Crippen LogP contribution in [0.1, 0.15) is 12.5 Å². The van der Waals surface area contributed by atoms with E-state index in [1.54, 1.807) is 0 Å². The summed E-state index contributed by atoms with van der Waals surface area (Å²) in [6, 6.07) is 4.30. The van der Waals surface area contributed by atoms with Crippen molar-refractivity contribution in [2.45, 2.75) is 11.8 Å². The minimum atomic E-state index is -3.57. The molecule has 0 aromatic heterocycles. The number of hydrogen-bond donors (Lipinski definition) is 2. The fourth-order valence-electron chi connectivity index (χ4n) is 1.48. The summed E-state index contributed by atoms with van der Waals surface area (Å²) in [6.45, 7) is 3.83. The van der Waals surface area contributed by atoms with Crippen LogP contribution in [0.4, 0.5) is 0 Å². The van der Waals surface area contributed by atoms with Crippen LogP contribution in [0.5, 0.6) is 0 Å². The lowest BCUT2D eigenvalue weighted by Gasteiger charge is -2.14. The van der Waals surface area contributed by atoms with E-state index in [1.807, 2.05) is 18.9 Å². The minimum absolute atomic E-state index is 0.0988. The summed E-state index contributed by atoms with van der Waals surface area (Å²) in [6.07, 6.45) is 0. The summed E-state index contributed by atoms with van der Waals surface area (Å²) >= 11 is 10.8. The minimum Gasteiger partial charge on any atom is -0.389 e. The van der Waals surface area contributed by atoms with Gasteiger partial charge in [0.15, 0.2) is 0 Å². The molecule has 1 aromatic rings. The summed E-state index contributed by atoms with van der Waals surface area (Å²) in [5.74, 6) is 0. The smallest absolute Gasteiger partial charge is 0.240 e. The highest BCUT2D eigenvalue weighted by Gasteiger charge is 2.16. The molecular weight excluding hydrogens is 318 g/mol. The van der Waals surface area contributed by atoms with Crippen LogP contribution >= 0.6 is 23.8 Å². The van der Waals surface area contributed by atoms with Gasteiger partial charge in [-0.3, -0.25) is 0 Å². The molecule has 3 N–H and O–H groups in total. The van der Waals surface area contributed by atoms with Crippen LogP contribution in [-0.2, 0) is 10.0 Å². The number of nitrogens with one attached hydrogen (secondary N) is 1. The van der Waals surface area contributed by atoms with Gasteiger partial charge >= 0.3 is 0 Å². The highest BCUT2D eigenvalue weighted by Crippen LogP contribution is 2.20. The molecule has 0 amide bonds. The Morgan fingerprint density at radius 3 is 2.65 bits per heavy atom. The summed E-state index contributed by atoms with van der Waals surface area (Å²) in [7, 11) is -1.66. The lowest BCUT2D eigenvalue weighted by atomic mass is 10.2. The Hall–Kier alpha value is -0.730. The van der Waals surface area contributed by atoms with Crippen molar-refractivity contribution in [2.75, 3.05) is 26.7 Å². The van der Waals surface area contributed by atoms with Crippen LogP contribution in [-0.4, -0.2) is 45.0 Å². The maximum atomic E-state index is 12.1. The predicted octanol–water partition coefficient (Wildman–Crippen LogP) is 1.20. The first kappa shape index (κ1) is 17.3. The van der Waals surface area contributed by atoms with E-state index in [0.29, 0.717) is 18.7 Å². The van der Waals surface area contributed by atoms with E-state index in [-0.39, 0.29) is 14.9 Å². The lowest BCUT2D eigenvalue weighted by Crippen LogP contribution is -2.33. The zero-order chi connectivity index (χ0) is 15.3. The molecule has 0 bridgehead atoms. The van der Waals surface area contributed by atoms with Gasteiger partial charge in [0, 0.05) is 18.7 Å². The second-order valence-corrected chi connectivity index (χ2v) is 6.91. The van der Waals surface area contributed by atoms with Gasteiger partial charge in [-0.1, -0.05) is 30.7 Å². The Labute approximate surface area is 130 Å². The standard InChI is InChI=1S/C12H18ClN3O2S2/c1-3-16(2)7-6-15-20(17,18)9-4-5-10(12(14)19)11(13)8-9/h4-5,8,15H,3,6-7H2,1-2H3,(H2,14,19). The molecular formula is C12H18ClN3O2S2. The van der Waals surface area contributed by atoms with Gasteiger partial charge in [-0.15, -0.1) is 0 Å². The van der Waals surface area contributed by atoms with Gasteiger partial charge in [-0.25, -0.2) is 13.1 Å². The van der Waals surface area contributed by atoms with Crippen molar-refractivity contribution in [3.63, 3.8) is 0 Å². The Morgan fingerprint density at radius 1 is 1.50 bits per heavy atom. The molecule has 0 spiro atoms. The average Bonchev–Trinajstić information content (AvgIpc) is 2.37. The summed E-state index contributed by atoms with van der Waals surface area (Å²) in [4.78, 5) is 2.24. The molecule has 0 radical (unpaired) electrons. The Morgan fingerprint density at radius 2 is 2.15 bits per heavy atom. The number of sulfonamides is 1. The third kappa shape index (κ3) is 4.68. The van der Waals surface area contributed by atoms with Gasteiger partial charge < -0.3 is 10.6 Å². The highest BCUT2D eigenvalue weighted by atomic mass is 35.5. The Balaban J connectivity index is 2.83. The number of hydrogen-bond acceptors (Lipinski definition) is 4. The maximum absolute atomic E-state index is 12.1. The Bertz CT molecular complexity index is 590. The van der Waals surface area contributed by atoms with Gasteiger partial charge in [0.25, 0.3) is 0 Å². The molecule has 112 valence electrons. The zero-order valence-electron chi connectivity index (χ0n) is 11.4. The molecule has 0 atom stereocenters. The van der Waals surface area contributed by atoms with Gasteiger partial charge in [-0.05, 0) is 31.8 Å². The van der Waals surface area contributed by atoms with Gasteiger partial charge in [0.05, 0.1) is 9.92 Å². The number of likely N-dealkylation sites (N-methyl/N-ethyl adjacent to an activating group) is 1. The molecule has 0 aliphatic rings. The van der Waals surface area contributed by atoms with Crippen LogP contribution in [0, 0.1) is 0 Å². The van der Waals surface area contributed by atoms with E-state index in [4.69, 9.17) is 29.6 Å². The molecule has 8 heteroatoms. The first-order valence-electron chi connectivity index (χ1n) is 6.05. The van der Waals surface area contributed by atoms with E-state index < -0.39 is 10.0 Å².